The van der Waals surface area contributed by atoms with Crippen LogP contribution in [-0.4, -0.2) is 49.3 Å². The van der Waals surface area contributed by atoms with Crippen molar-refractivity contribution in [3.63, 3.8) is 0 Å². The van der Waals surface area contributed by atoms with E-state index < -0.39 is 0 Å². The summed E-state index contributed by atoms with van der Waals surface area (Å²) in [4.78, 5) is 2.45. The van der Waals surface area contributed by atoms with Crippen molar-refractivity contribution in [3.8, 4) is 6.07 Å². The molecule has 2 aliphatic rings. The van der Waals surface area contributed by atoms with E-state index in [0.717, 1.165) is 32.6 Å². The first-order valence-corrected chi connectivity index (χ1v) is 6.32. The minimum absolute atomic E-state index is 0.00509. The number of rotatable bonds is 5. The van der Waals surface area contributed by atoms with Crippen LogP contribution in [0.25, 0.3) is 0 Å². The van der Waals surface area contributed by atoms with Crippen molar-refractivity contribution in [2.75, 3.05) is 26.2 Å². The Labute approximate surface area is 97.6 Å². The second-order valence-electron chi connectivity index (χ2n) is 4.75. The van der Waals surface area contributed by atoms with Crippen molar-refractivity contribution in [1.29, 1.82) is 5.26 Å². The van der Waals surface area contributed by atoms with Crippen LogP contribution in [0.5, 0.6) is 0 Å². The average molecular weight is 223 g/mol. The van der Waals surface area contributed by atoms with Crippen LogP contribution < -0.4 is 5.32 Å². The maximum atomic E-state index is 8.95. The molecular formula is C12H21N3O. The first-order valence-electron chi connectivity index (χ1n) is 6.32. The van der Waals surface area contributed by atoms with E-state index in [0.29, 0.717) is 12.2 Å². The molecule has 0 aromatic rings. The number of morpholine rings is 1. The highest BCUT2D eigenvalue weighted by atomic mass is 16.5. The zero-order valence-corrected chi connectivity index (χ0v) is 9.98. The fourth-order valence-corrected chi connectivity index (χ4v) is 2.65. The molecule has 2 bridgehead atoms. The summed E-state index contributed by atoms with van der Waals surface area (Å²) in [5.74, 6) is 0. The van der Waals surface area contributed by atoms with Gasteiger partial charge < -0.3 is 10.1 Å². The van der Waals surface area contributed by atoms with Crippen LogP contribution >= 0.6 is 0 Å². The molecule has 3 atom stereocenters. The van der Waals surface area contributed by atoms with Gasteiger partial charge in [0.25, 0.3) is 0 Å². The summed E-state index contributed by atoms with van der Waals surface area (Å²) in [7, 11) is 0. The lowest BCUT2D eigenvalue weighted by Gasteiger charge is -2.32. The molecule has 90 valence electrons. The second-order valence-corrected chi connectivity index (χ2v) is 4.75. The van der Waals surface area contributed by atoms with Gasteiger partial charge in [-0.1, -0.05) is 6.92 Å². The normalized spacial score (nSPS) is 31.2. The third kappa shape index (κ3) is 2.94. The Hall–Kier alpha value is -0.630. The lowest BCUT2D eigenvalue weighted by Crippen LogP contribution is -2.44. The number of nitriles is 1. The third-order valence-corrected chi connectivity index (χ3v) is 3.46. The van der Waals surface area contributed by atoms with Gasteiger partial charge in [-0.3, -0.25) is 4.90 Å². The van der Waals surface area contributed by atoms with E-state index in [2.05, 4.69) is 16.3 Å². The molecule has 16 heavy (non-hydrogen) atoms. The predicted molar refractivity (Wildman–Crippen MR) is 62.0 cm³/mol. The minimum atomic E-state index is 0.00509. The van der Waals surface area contributed by atoms with Gasteiger partial charge in [-0.2, -0.15) is 5.26 Å². The summed E-state index contributed by atoms with van der Waals surface area (Å²) in [6, 6.07) is 2.32. The van der Waals surface area contributed by atoms with E-state index in [4.69, 9.17) is 10.00 Å². The van der Waals surface area contributed by atoms with E-state index in [1.165, 1.54) is 12.8 Å². The van der Waals surface area contributed by atoms with E-state index in [-0.39, 0.29) is 6.04 Å². The summed E-state index contributed by atoms with van der Waals surface area (Å²) in [5, 5.41) is 12.1. The van der Waals surface area contributed by atoms with Gasteiger partial charge in [0.15, 0.2) is 0 Å². The number of hydrogen-bond acceptors (Lipinski definition) is 4. The summed E-state index contributed by atoms with van der Waals surface area (Å²) in [6.45, 7) is 6.04. The van der Waals surface area contributed by atoms with E-state index in [1.807, 2.05) is 6.92 Å². The largest absolute Gasteiger partial charge is 0.372 e. The smallest absolute Gasteiger partial charge is 0.0965 e. The highest BCUT2D eigenvalue weighted by Crippen LogP contribution is 2.26. The van der Waals surface area contributed by atoms with Crippen LogP contribution in [0.15, 0.2) is 0 Å². The van der Waals surface area contributed by atoms with E-state index in [1.54, 1.807) is 0 Å². The SMILES string of the molecule is CCNC(C#N)CCN1CC2CCC(C1)O2. The molecule has 3 unspecified atom stereocenters. The summed E-state index contributed by atoms with van der Waals surface area (Å²) in [6.07, 6.45) is 4.27. The predicted octanol–water partition coefficient (Wildman–Crippen LogP) is 0.741. The lowest BCUT2D eigenvalue weighted by molar-refractivity contribution is -0.0387. The molecule has 2 heterocycles. The molecule has 4 nitrogen and oxygen atoms in total. The number of fused-ring (bicyclic) bond motifs is 2. The fraction of sp³-hybridized carbons (Fsp3) is 0.917. The molecule has 0 radical (unpaired) electrons. The Morgan fingerprint density at radius 1 is 1.44 bits per heavy atom. The van der Waals surface area contributed by atoms with Gasteiger partial charge in [-0.05, 0) is 25.8 Å². The molecule has 2 fully saturated rings. The monoisotopic (exact) mass is 223 g/mol. The van der Waals surface area contributed by atoms with Gasteiger partial charge in [0.1, 0.15) is 0 Å². The number of ether oxygens (including phenoxy) is 1. The molecule has 1 N–H and O–H groups in total. The first-order chi connectivity index (χ1) is 7.81. The second kappa shape index (κ2) is 5.62. The molecule has 0 amide bonds. The number of likely N-dealkylation sites (tertiary alicyclic amines) is 1. The van der Waals surface area contributed by atoms with Gasteiger partial charge in [0.2, 0.25) is 0 Å². The lowest BCUT2D eigenvalue weighted by atomic mass is 10.2. The number of hydrogen-bond donors (Lipinski definition) is 1. The third-order valence-electron chi connectivity index (χ3n) is 3.46. The zero-order valence-electron chi connectivity index (χ0n) is 9.98. The molecule has 0 aliphatic carbocycles. The molecule has 0 aromatic carbocycles. The Morgan fingerprint density at radius 3 is 2.69 bits per heavy atom. The maximum absolute atomic E-state index is 8.95. The Bertz CT molecular complexity index is 251. The molecule has 4 heteroatoms. The summed E-state index contributed by atoms with van der Waals surface area (Å²) < 4.78 is 5.79. The fourth-order valence-electron chi connectivity index (χ4n) is 2.65. The van der Waals surface area contributed by atoms with Crippen molar-refractivity contribution in [3.05, 3.63) is 0 Å². The summed E-state index contributed by atoms with van der Waals surface area (Å²) >= 11 is 0. The van der Waals surface area contributed by atoms with Crippen molar-refractivity contribution < 1.29 is 4.74 Å². The van der Waals surface area contributed by atoms with Gasteiger partial charge in [-0.15, -0.1) is 0 Å². The molecular weight excluding hydrogens is 202 g/mol. The average Bonchev–Trinajstić information content (AvgIpc) is 2.64. The van der Waals surface area contributed by atoms with E-state index >= 15 is 0 Å². The number of nitrogens with zero attached hydrogens (tertiary/aromatic N) is 2. The Balaban J connectivity index is 1.72. The maximum Gasteiger partial charge on any atom is 0.0965 e. The van der Waals surface area contributed by atoms with E-state index in [9.17, 15) is 0 Å². The van der Waals surface area contributed by atoms with Gasteiger partial charge in [0, 0.05) is 19.6 Å². The van der Waals surface area contributed by atoms with Crippen LogP contribution in [0, 0.1) is 11.3 Å². The molecule has 2 rings (SSSR count). The quantitative estimate of drug-likeness (QED) is 0.747. The standard InChI is InChI=1S/C12H21N3O/c1-2-14-10(7-13)5-6-15-8-11-3-4-12(9-15)16-11/h10-12,14H,2-6,8-9H2,1H3. The van der Waals surface area contributed by atoms with Gasteiger partial charge in [-0.25, -0.2) is 0 Å². The summed E-state index contributed by atoms with van der Waals surface area (Å²) in [5.41, 5.74) is 0. The zero-order chi connectivity index (χ0) is 11.4. The minimum Gasteiger partial charge on any atom is -0.372 e. The number of nitrogens with one attached hydrogen (secondary N) is 1. The topological polar surface area (TPSA) is 48.3 Å². The van der Waals surface area contributed by atoms with Crippen molar-refractivity contribution in [1.82, 2.24) is 10.2 Å². The molecule has 2 aliphatic heterocycles. The molecule has 0 spiro atoms. The van der Waals surface area contributed by atoms with Crippen LogP contribution in [-0.2, 0) is 4.74 Å². The van der Waals surface area contributed by atoms with Gasteiger partial charge >= 0.3 is 0 Å². The van der Waals surface area contributed by atoms with Crippen LogP contribution in [0.2, 0.25) is 0 Å². The molecule has 2 saturated heterocycles. The van der Waals surface area contributed by atoms with Crippen LogP contribution in [0.3, 0.4) is 0 Å². The molecule has 0 aromatic heterocycles. The highest BCUT2D eigenvalue weighted by Gasteiger charge is 2.33. The van der Waals surface area contributed by atoms with Gasteiger partial charge in [0.05, 0.1) is 24.3 Å². The Morgan fingerprint density at radius 2 is 2.12 bits per heavy atom. The first kappa shape index (κ1) is 11.8. The van der Waals surface area contributed by atoms with Crippen LogP contribution in [0.1, 0.15) is 26.2 Å². The highest BCUT2D eigenvalue weighted by molar-refractivity contribution is 4.91. The Kier molecular flexibility index (Phi) is 4.16. The van der Waals surface area contributed by atoms with Crippen LogP contribution in [0.4, 0.5) is 0 Å². The molecule has 0 saturated carbocycles. The van der Waals surface area contributed by atoms with Crippen molar-refractivity contribution in [2.45, 2.75) is 44.4 Å². The van der Waals surface area contributed by atoms with Crippen molar-refractivity contribution >= 4 is 0 Å². The van der Waals surface area contributed by atoms with Crippen molar-refractivity contribution in [2.24, 2.45) is 0 Å².